The van der Waals surface area contributed by atoms with Crippen LogP contribution in [0.15, 0.2) is 30.7 Å². The second-order valence-electron chi connectivity index (χ2n) is 10.5. The molecule has 0 atom stereocenters. The van der Waals surface area contributed by atoms with Crippen molar-refractivity contribution in [2.45, 2.75) is 84.3 Å². The van der Waals surface area contributed by atoms with Crippen LogP contribution in [0.25, 0.3) is 27.9 Å². The van der Waals surface area contributed by atoms with Gasteiger partial charge in [0.05, 0.1) is 23.8 Å². The summed E-state index contributed by atoms with van der Waals surface area (Å²) in [6, 6.07) is 6.15. The molecule has 4 aromatic rings. The molecule has 1 N–H and O–H groups in total. The first-order valence-electron chi connectivity index (χ1n) is 13.8. The Bertz CT molecular complexity index is 1350. The highest BCUT2D eigenvalue weighted by atomic mass is 16.5. The van der Waals surface area contributed by atoms with E-state index in [1.54, 1.807) is 18.0 Å². The van der Waals surface area contributed by atoms with Crippen molar-refractivity contribution >= 4 is 16.7 Å². The van der Waals surface area contributed by atoms with Crippen molar-refractivity contribution < 1.29 is 9.47 Å². The van der Waals surface area contributed by atoms with E-state index in [9.17, 15) is 0 Å². The highest BCUT2D eigenvalue weighted by molar-refractivity contribution is 5.89. The fourth-order valence-electron chi connectivity index (χ4n) is 5.94. The van der Waals surface area contributed by atoms with Gasteiger partial charge in [0.1, 0.15) is 6.33 Å². The van der Waals surface area contributed by atoms with Crippen LogP contribution < -0.4 is 9.47 Å². The standard InChI is InChI=1S/C29H40N6O2/c1-6-15-34(16-7-2)29(13-9-8-10-14-29)37-24-12-11-22-27(33-24)25(20(3)4)26(32-22)21-17-23(36-5)28-30-19-31-35(28)18-21/h11-12,17-20,32H,6-10,13-16H2,1-5H3. The summed E-state index contributed by atoms with van der Waals surface area (Å²) in [7, 11) is 1.66. The van der Waals surface area contributed by atoms with Crippen molar-refractivity contribution in [1.29, 1.82) is 0 Å². The van der Waals surface area contributed by atoms with Gasteiger partial charge in [-0.25, -0.2) is 14.5 Å². The van der Waals surface area contributed by atoms with Crippen LogP contribution in [0.3, 0.4) is 0 Å². The van der Waals surface area contributed by atoms with Gasteiger partial charge in [-0.1, -0.05) is 34.1 Å². The third-order valence-electron chi connectivity index (χ3n) is 7.57. The van der Waals surface area contributed by atoms with E-state index in [-0.39, 0.29) is 11.6 Å². The number of methoxy groups -OCH3 is 1. The number of fused-ring (bicyclic) bond motifs is 2. The molecule has 4 heterocycles. The molecule has 37 heavy (non-hydrogen) atoms. The van der Waals surface area contributed by atoms with Gasteiger partial charge in [-0.05, 0) is 43.7 Å². The van der Waals surface area contributed by atoms with Gasteiger partial charge in [0.15, 0.2) is 17.1 Å². The van der Waals surface area contributed by atoms with Crippen LogP contribution in [0, 0.1) is 0 Å². The van der Waals surface area contributed by atoms with E-state index >= 15 is 0 Å². The minimum Gasteiger partial charge on any atom is -0.493 e. The number of pyridine rings is 2. The normalized spacial score (nSPS) is 15.8. The fourth-order valence-corrected chi connectivity index (χ4v) is 5.94. The first-order valence-corrected chi connectivity index (χ1v) is 13.8. The number of ether oxygens (including phenoxy) is 2. The monoisotopic (exact) mass is 504 g/mol. The molecule has 1 saturated carbocycles. The second-order valence-corrected chi connectivity index (χ2v) is 10.5. The molecule has 0 bridgehead atoms. The second kappa shape index (κ2) is 10.7. The molecule has 0 spiro atoms. The van der Waals surface area contributed by atoms with Gasteiger partial charge in [0.2, 0.25) is 5.88 Å². The molecule has 1 fully saturated rings. The summed E-state index contributed by atoms with van der Waals surface area (Å²) < 4.78 is 14.3. The molecular formula is C29H40N6O2. The maximum absolute atomic E-state index is 6.91. The summed E-state index contributed by atoms with van der Waals surface area (Å²) in [5, 5.41) is 4.35. The predicted octanol–water partition coefficient (Wildman–Crippen LogP) is 6.57. The van der Waals surface area contributed by atoms with Crippen molar-refractivity contribution in [3.63, 3.8) is 0 Å². The Labute approximate surface area is 219 Å². The number of nitrogens with one attached hydrogen (secondary N) is 1. The lowest BCUT2D eigenvalue weighted by atomic mass is 9.89. The molecule has 1 aliphatic carbocycles. The smallest absolute Gasteiger partial charge is 0.215 e. The van der Waals surface area contributed by atoms with Crippen LogP contribution in [0.2, 0.25) is 0 Å². The number of H-pyrrole nitrogens is 1. The molecular weight excluding hydrogens is 464 g/mol. The maximum atomic E-state index is 6.91. The maximum Gasteiger partial charge on any atom is 0.215 e. The first kappa shape index (κ1) is 25.5. The summed E-state index contributed by atoms with van der Waals surface area (Å²) >= 11 is 0. The van der Waals surface area contributed by atoms with E-state index in [4.69, 9.17) is 14.5 Å². The lowest BCUT2D eigenvalue weighted by Crippen LogP contribution is -2.55. The average Bonchev–Trinajstić information content (AvgIpc) is 3.53. The average molecular weight is 505 g/mol. The van der Waals surface area contributed by atoms with Gasteiger partial charge in [-0.15, -0.1) is 0 Å². The van der Waals surface area contributed by atoms with Crippen LogP contribution in [0.1, 0.15) is 84.1 Å². The molecule has 0 amide bonds. The predicted molar refractivity (Wildman–Crippen MR) is 147 cm³/mol. The quantitative estimate of drug-likeness (QED) is 0.246. The van der Waals surface area contributed by atoms with Gasteiger partial charge in [-0.3, -0.25) is 4.90 Å². The lowest BCUT2D eigenvalue weighted by Gasteiger charge is -2.45. The molecule has 0 radical (unpaired) electrons. The number of nitrogens with zero attached hydrogens (tertiary/aromatic N) is 5. The number of aromatic amines is 1. The van der Waals surface area contributed by atoms with Crippen molar-refractivity contribution in [3.05, 3.63) is 36.3 Å². The van der Waals surface area contributed by atoms with E-state index in [0.717, 1.165) is 61.1 Å². The zero-order chi connectivity index (χ0) is 26.0. The molecule has 1 aliphatic rings. The molecule has 0 unspecified atom stereocenters. The summed E-state index contributed by atoms with van der Waals surface area (Å²) in [5.41, 5.74) is 5.57. The van der Waals surface area contributed by atoms with Crippen LogP contribution in [0.5, 0.6) is 11.6 Å². The van der Waals surface area contributed by atoms with E-state index in [1.807, 2.05) is 18.3 Å². The summed E-state index contributed by atoms with van der Waals surface area (Å²) in [6.07, 6.45) is 11.6. The van der Waals surface area contributed by atoms with E-state index in [1.165, 1.54) is 24.8 Å². The Kier molecular flexibility index (Phi) is 7.38. The van der Waals surface area contributed by atoms with Gasteiger partial charge in [0.25, 0.3) is 0 Å². The Morgan fingerprint density at radius 3 is 2.54 bits per heavy atom. The van der Waals surface area contributed by atoms with Gasteiger partial charge in [-0.2, -0.15) is 5.10 Å². The number of aromatic nitrogens is 5. The minimum atomic E-state index is -0.270. The largest absolute Gasteiger partial charge is 0.493 e. The SMILES string of the molecule is CCCN(CCC)C1(Oc2ccc3[nH]c(-c4cc(OC)c5ncnn5c4)c(C(C)C)c3n2)CCCCC1. The van der Waals surface area contributed by atoms with Gasteiger partial charge < -0.3 is 14.5 Å². The van der Waals surface area contributed by atoms with Crippen LogP contribution in [-0.4, -0.2) is 55.4 Å². The third-order valence-corrected chi connectivity index (χ3v) is 7.57. The Balaban J connectivity index is 1.58. The molecule has 8 heteroatoms. The molecule has 8 nitrogen and oxygen atoms in total. The van der Waals surface area contributed by atoms with Gasteiger partial charge in [0, 0.05) is 49.3 Å². The highest BCUT2D eigenvalue weighted by Gasteiger charge is 2.40. The first-order chi connectivity index (χ1) is 18.0. The topological polar surface area (TPSA) is 80.6 Å². The molecule has 0 saturated heterocycles. The zero-order valence-corrected chi connectivity index (χ0v) is 22.9. The molecule has 4 aromatic heterocycles. The zero-order valence-electron chi connectivity index (χ0n) is 22.9. The van der Waals surface area contributed by atoms with E-state index in [0.29, 0.717) is 17.3 Å². The summed E-state index contributed by atoms with van der Waals surface area (Å²) in [6.45, 7) is 11.0. The van der Waals surface area contributed by atoms with E-state index < -0.39 is 0 Å². The van der Waals surface area contributed by atoms with Crippen molar-refractivity contribution in [2.75, 3.05) is 20.2 Å². The Hall–Kier alpha value is -3.13. The van der Waals surface area contributed by atoms with Crippen LogP contribution >= 0.6 is 0 Å². The molecule has 0 aromatic carbocycles. The van der Waals surface area contributed by atoms with Crippen LogP contribution in [-0.2, 0) is 0 Å². The number of rotatable bonds is 10. The Morgan fingerprint density at radius 1 is 1.11 bits per heavy atom. The number of hydrogen-bond donors (Lipinski definition) is 1. The fraction of sp³-hybridized carbons (Fsp3) is 0.552. The number of hydrogen-bond acceptors (Lipinski definition) is 6. The third kappa shape index (κ3) is 4.79. The summed E-state index contributed by atoms with van der Waals surface area (Å²) in [5.74, 6) is 1.65. The highest BCUT2D eigenvalue weighted by Crippen LogP contribution is 2.39. The minimum absolute atomic E-state index is 0.254. The molecule has 198 valence electrons. The van der Waals surface area contributed by atoms with Crippen molar-refractivity contribution in [2.24, 2.45) is 0 Å². The van der Waals surface area contributed by atoms with E-state index in [2.05, 4.69) is 53.7 Å². The van der Waals surface area contributed by atoms with Crippen molar-refractivity contribution in [1.82, 2.24) is 29.5 Å². The summed E-state index contributed by atoms with van der Waals surface area (Å²) in [4.78, 5) is 15.7. The van der Waals surface area contributed by atoms with Gasteiger partial charge >= 0.3 is 0 Å². The van der Waals surface area contributed by atoms with Crippen molar-refractivity contribution in [3.8, 4) is 22.9 Å². The molecule has 5 rings (SSSR count). The van der Waals surface area contributed by atoms with Crippen LogP contribution in [0.4, 0.5) is 0 Å². The Morgan fingerprint density at radius 2 is 1.86 bits per heavy atom. The lowest BCUT2D eigenvalue weighted by molar-refractivity contribution is -0.112. The molecule has 0 aliphatic heterocycles.